The van der Waals surface area contributed by atoms with Gasteiger partial charge in [0.15, 0.2) is 15.7 Å². The third-order valence-electron chi connectivity index (χ3n) is 2.76. The van der Waals surface area contributed by atoms with E-state index in [0.717, 1.165) is 12.1 Å². The van der Waals surface area contributed by atoms with Crippen LogP contribution < -0.4 is 0 Å². The Labute approximate surface area is 122 Å². The SMILES string of the molecule is CC(C)CS(=O)(=O)Cc1ccn(-c2ccc(F)cc2F)n1. The molecule has 0 unspecified atom stereocenters. The fourth-order valence-corrected chi connectivity index (χ4v) is 3.77. The van der Waals surface area contributed by atoms with Crippen LogP contribution in [0, 0.1) is 17.6 Å². The number of nitrogens with zero attached hydrogens (tertiary/aromatic N) is 2. The van der Waals surface area contributed by atoms with Crippen molar-refractivity contribution in [3.05, 3.63) is 47.8 Å². The maximum absolute atomic E-state index is 13.6. The Balaban J connectivity index is 2.22. The maximum Gasteiger partial charge on any atom is 0.156 e. The first-order valence-corrected chi connectivity index (χ1v) is 8.29. The van der Waals surface area contributed by atoms with Gasteiger partial charge in [0.2, 0.25) is 0 Å². The van der Waals surface area contributed by atoms with Crippen molar-refractivity contribution in [3.63, 3.8) is 0 Å². The van der Waals surface area contributed by atoms with Crippen LogP contribution in [0.15, 0.2) is 30.5 Å². The van der Waals surface area contributed by atoms with Gasteiger partial charge >= 0.3 is 0 Å². The first-order valence-electron chi connectivity index (χ1n) is 6.47. The molecule has 0 amide bonds. The van der Waals surface area contributed by atoms with E-state index in [1.165, 1.54) is 23.0 Å². The van der Waals surface area contributed by atoms with Crippen LogP contribution in [0.25, 0.3) is 5.69 Å². The summed E-state index contributed by atoms with van der Waals surface area (Å²) in [6.45, 7) is 3.65. The van der Waals surface area contributed by atoms with Gasteiger partial charge in [-0.25, -0.2) is 21.9 Å². The third-order valence-corrected chi connectivity index (χ3v) is 4.67. The van der Waals surface area contributed by atoms with Crippen LogP contribution in [0.3, 0.4) is 0 Å². The summed E-state index contributed by atoms with van der Waals surface area (Å²) >= 11 is 0. The molecule has 114 valence electrons. The van der Waals surface area contributed by atoms with E-state index in [-0.39, 0.29) is 23.1 Å². The lowest BCUT2D eigenvalue weighted by molar-refractivity contribution is 0.573. The minimum absolute atomic E-state index is 0.0339. The number of rotatable bonds is 5. The topological polar surface area (TPSA) is 52.0 Å². The second kappa shape index (κ2) is 5.93. The molecule has 0 bridgehead atoms. The van der Waals surface area contributed by atoms with Crippen LogP contribution >= 0.6 is 0 Å². The van der Waals surface area contributed by atoms with Crippen LogP contribution in [0.5, 0.6) is 0 Å². The summed E-state index contributed by atoms with van der Waals surface area (Å²) in [5.74, 6) is -1.52. The standard InChI is InChI=1S/C14H16F2N2O2S/c1-10(2)8-21(19,20)9-12-5-6-18(17-12)14-4-3-11(15)7-13(14)16/h3-7,10H,8-9H2,1-2H3. The number of aromatic nitrogens is 2. The molecule has 2 rings (SSSR count). The molecular formula is C14H16F2N2O2S. The van der Waals surface area contributed by atoms with Crippen LogP contribution in [-0.2, 0) is 15.6 Å². The zero-order chi connectivity index (χ0) is 15.6. The van der Waals surface area contributed by atoms with Gasteiger partial charge < -0.3 is 0 Å². The average molecular weight is 314 g/mol. The molecule has 0 aliphatic carbocycles. The Morgan fingerprint density at radius 3 is 2.57 bits per heavy atom. The van der Waals surface area contributed by atoms with Gasteiger partial charge in [-0.15, -0.1) is 0 Å². The summed E-state index contributed by atoms with van der Waals surface area (Å²) in [6.07, 6.45) is 1.45. The molecule has 0 fully saturated rings. The Kier molecular flexibility index (Phi) is 4.41. The Bertz CT molecular complexity index is 739. The predicted octanol–water partition coefficient (Wildman–Crippen LogP) is 2.72. The van der Waals surface area contributed by atoms with E-state index in [0.29, 0.717) is 5.69 Å². The fourth-order valence-electron chi connectivity index (χ4n) is 2.03. The van der Waals surface area contributed by atoms with E-state index in [2.05, 4.69) is 5.10 Å². The van der Waals surface area contributed by atoms with E-state index in [4.69, 9.17) is 0 Å². The van der Waals surface area contributed by atoms with Gasteiger partial charge in [0, 0.05) is 12.3 Å². The molecule has 0 saturated carbocycles. The largest absolute Gasteiger partial charge is 0.238 e. The minimum atomic E-state index is -3.25. The van der Waals surface area contributed by atoms with Gasteiger partial charge in [0.05, 0.1) is 17.2 Å². The van der Waals surface area contributed by atoms with E-state index in [1.54, 1.807) is 0 Å². The van der Waals surface area contributed by atoms with Crippen LogP contribution in [-0.4, -0.2) is 24.0 Å². The highest BCUT2D eigenvalue weighted by Crippen LogP contribution is 2.15. The third kappa shape index (κ3) is 4.10. The van der Waals surface area contributed by atoms with Gasteiger partial charge in [-0.2, -0.15) is 5.10 Å². The Morgan fingerprint density at radius 1 is 1.24 bits per heavy atom. The van der Waals surface area contributed by atoms with Gasteiger partial charge in [-0.1, -0.05) is 13.8 Å². The normalized spacial score (nSPS) is 12.0. The number of benzene rings is 1. The molecule has 21 heavy (non-hydrogen) atoms. The van der Waals surface area contributed by atoms with Crippen molar-refractivity contribution in [1.29, 1.82) is 0 Å². The fraction of sp³-hybridized carbons (Fsp3) is 0.357. The molecule has 0 aliphatic rings. The van der Waals surface area contributed by atoms with Crippen LogP contribution in [0.2, 0.25) is 0 Å². The lowest BCUT2D eigenvalue weighted by Crippen LogP contribution is -2.14. The zero-order valence-electron chi connectivity index (χ0n) is 11.8. The van der Waals surface area contributed by atoms with Crippen molar-refractivity contribution in [1.82, 2.24) is 9.78 Å². The monoisotopic (exact) mass is 314 g/mol. The average Bonchev–Trinajstić information content (AvgIpc) is 2.74. The Hall–Kier alpha value is -1.76. The summed E-state index contributed by atoms with van der Waals surface area (Å²) in [6, 6.07) is 4.65. The second-order valence-corrected chi connectivity index (χ2v) is 7.40. The van der Waals surface area contributed by atoms with E-state index in [9.17, 15) is 17.2 Å². The molecule has 1 aromatic heterocycles. The van der Waals surface area contributed by atoms with Crippen molar-refractivity contribution in [3.8, 4) is 5.69 Å². The highest BCUT2D eigenvalue weighted by atomic mass is 32.2. The van der Waals surface area contributed by atoms with Gasteiger partial charge in [-0.05, 0) is 24.1 Å². The summed E-state index contributed by atoms with van der Waals surface area (Å²) in [5.41, 5.74) is 0.406. The lowest BCUT2D eigenvalue weighted by atomic mass is 10.3. The summed E-state index contributed by atoms with van der Waals surface area (Å²) in [5, 5.41) is 4.04. The molecule has 1 aromatic carbocycles. The number of sulfone groups is 1. The van der Waals surface area contributed by atoms with Crippen LogP contribution in [0.4, 0.5) is 8.78 Å². The molecule has 0 aliphatic heterocycles. The molecular weight excluding hydrogens is 298 g/mol. The predicted molar refractivity (Wildman–Crippen MR) is 75.8 cm³/mol. The van der Waals surface area contributed by atoms with E-state index < -0.39 is 21.5 Å². The molecule has 0 radical (unpaired) electrons. The summed E-state index contributed by atoms with van der Waals surface area (Å²) < 4.78 is 51.5. The van der Waals surface area contributed by atoms with Crippen molar-refractivity contribution in [2.45, 2.75) is 19.6 Å². The highest BCUT2D eigenvalue weighted by Gasteiger charge is 2.16. The highest BCUT2D eigenvalue weighted by molar-refractivity contribution is 7.90. The quantitative estimate of drug-likeness (QED) is 0.852. The van der Waals surface area contributed by atoms with Crippen molar-refractivity contribution < 1.29 is 17.2 Å². The van der Waals surface area contributed by atoms with Crippen molar-refractivity contribution in [2.24, 2.45) is 5.92 Å². The molecule has 1 heterocycles. The van der Waals surface area contributed by atoms with Crippen molar-refractivity contribution >= 4 is 9.84 Å². The van der Waals surface area contributed by atoms with Crippen LogP contribution in [0.1, 0.15) is 19.5 Å². The zero-order valence-corrected chi connectivity index (χ0v) is 12.6. The summed E-state index contributed by atoms with van der Waals surface area (Å²) in [4.78, 5) is 0. The van der Waals surface area contributed by atoms with Gasteiger partial charge in [-0.3, -0.25) is 0 Å². The smallest absolute Gasteiger partial charge is 0.156 e. The molecule has 0 spiro atoms. The van der Waals surface area contributed by atoms with E-state index >= 15 is 0 Å². The first kappa shape index (κ1) is 15.6. The summed E-state index contributed by atoms with van der Waals surface area (Å²) in [7, 11) is -3.25. The molecule has 0 saturated heterocycles. The maximum atomic E-state index is 13.6. The number of halogens is 2. The molecule has 7 heteroatoms. The molecule has 4 nitrogen and oxygen atoms in total. The lowest BCUT2D eigenvalue weighted by Gasteiger charge is -2.05. The van der Waals surface area contributed by atoms with Gasteiger partial charge in [0.1, 0.15) is 11.5 Å². The van der Waals surface area contributed by atoms with Crippen molar-refractivity contribution in [2.75, 3.05) is 5.75 Å². The number of hydrogen-bond acceptors (Lipinski definition) is 3. The second-order valence-electron chi connectivity index (χ2n) is 5.30. The molecule has 0 N–H and O–H groups in total. The molecule has 0 atom stereocenters. The number of hydrogen-bond donors (Lipinski definition) is 0. The first-order chi connectivity index (χ1) is 9.77. The Morgan fingerprint density at radius 2 is 1.95 bits per heavy atom. The molecule has 2 aromatic rings. The van der Waals surface area contributed by atoms with E-state index in [1.807, 2.05) is 13.8 Å². The van der Waals surface area contributed by atoms with Gasteiger partial charge in [0.25, 0.3) is 0 Å². The minimum Gasteiger partial charge on any atom is -0.238 e.